The van der Waals surface area contributed by atoms with Crippen LogP contribution in [0.1, 0.15) is 39.0 Å². The fourth-order valence-corrected chi connectivity index (χ4v) is 4.11. The highest BCUT2D eigenvalue weighted by atomic mass is 32.1. The predicted octanol–water partition coefficient (Wildman–Crippen LogP) is 3.36. The lowest BCUT2D eigenvalue weighted by atomic mass is 9.90. The summed E-state index contributed by atoms with van der Waals surface area (Å²) in [7, 11) is 1.58. The molecule has 0 saturated carbocycles. The lowest BCUT2D eigenvalue weighted by Crippen LogP contribution is -2.40. The first-order valence-corrected chi connectivity index (χ1v) is 9.41. The predicted molar refractivity (Wildman–Crippen MR) is 103 cm³/mol. The van der Waals surface area contributed by atoms with Crippen LogP contribution >= 0.6 is 11.3 Å². The Morgan fingerprint density at radius 3 is 2.88 bits per heavy atom. The van der Waals surface area contributed by atoms with Gasteiger partial charge < -0.3 is 4.74 Å². The van der Waals surface area contributed by atoms with Crippen molar-refractivity contribution in [3.8, 4) is 5.75 Å². The zero-order chi connectivity index (χ0) is 18.5. The third-order valence-electron chi connectivity index (χ3n) is 4.41. The van der Waals surface area contributed by atoms with Gasteiger partial charge in [0.1, 0.15) is 5.75 Å². The summed E-state index contributed by atoms with van der Waals surface area (Å²) in [4.78, 5) is 26.1. The van der Waals surface area contributed by atoms with Crippen molar-refractivity contribution in [3.05, 3.63) is 57.3 Å². The molecule has 2 amide bonds. The molecule has 2 N–H and O–H groups in total. The van der Waals surface area contributed by atoms with E-state index in [1.165, 1.54) is 34.3 Å². The molecule has 0 fully saturated rings. The minimum absolute atomic E-state index is 0.281. The number of hydrogen-bond acceptors (Lipinski definition) is 4. The number of carbonyl (C=O) groups excluding carboxylic acids is 2. The molecule has 1 aliphatic rings. The van der Waals surface area contributed by atoms with Gasteiger partial charge in [0.25, 0.3) is 11.8 Å². The number of methoxy groups -OCH3 is 1. The average Bonchev–Trinajstić information content (AvgIpc) is 3.07. The van der Waals surface area contributed by atoms with E-state index in [0.717, 1.165) is 18.4 Å². The quantitative estimate of drug-likeness (QED) is 0.641. The van der Waals surface area contributed by atoms with E-state index in [-0.39, 0.29) is 5.91 Å². The summed E-state index contributed by atoms with van der Waals surface area (Å²) in [5.41, 5.74) is 6.95. The number of ether oxygens (including phenoxy) is 1. The fourth-order valence-electron chi connectivity index (χ4n) is 3.01. The number of aryl methyl sites for hydroxylation is 1. The molecule has 3 rings (SSSR count). The van der Waals surface area contributed by atoms with E-state index >= 15 is 0 Å². The molecule has 0 saturated heterocycles. The van der Waals surface area contributed by atoms with Crippen LogP contribution in [0.25, 0.3) is 6.08 Å². The molecule has 0 spiro atoms. The average molecular weight is 370 g/mol. The molecule has 1 heterocycles. The van der Waals surface area contributed by atoms with Crippen LogP contribution in [0.5, 0.6) is 5.75 Å². The van der Waals surface area contributed by atoms with Gasteiger partial charge in [0, 0.05) is 16.5 Å². The normalized spacial score (nSPS) is 16.2. The number of amides is 2. The fraction of sp³-hybridized carbons (Fsp3) is 0.300. The van der Waals surface area contributed by atoms with Crippen LogP contribution < -0.4 is 15.6 Å². The highest BCUT2D eigenvalue weighted by Crippen LogP contribution is 2.32. The highest BCUT2D eigenvalue weighted by Gasteiger charge is 2.20. The third kappa shape index (κ3) is 4.32. The van der Waals surface area contributed by atoms with Crippen molar-refractivity contribution in [1.82, 2.24) is 10.9 Å². The van der Waals surface area contributed by atoms with Crippen LogP contribution in [0.15, 0.2) is 36.4 Å². The molecular weight excluding hydrogens is 348 g/mol. The van der Waals surface area contributed by atoms with Crippen LogP contribution in [-0.4, -0.2) is 18.9 Å². The minimum atomic E-state index is -0.404. The molecule has 26 heavy (non-hydrogen) atoms. The van der Waals surface area contributed by atoms with Gasteiger partial charge in [0.05, 0.1) is 12.0 Å². The van der Waals surface area contributed by atoms with Gasteiger partial charge >= 0.3 is 0 Å². The molecule has 0 radical (unpaired) electrons. The summed E-state index contributed by atoms with van der Waals surface area (Å²) in [5.74, 6) is 0.655. The molecule has 136 valence electrons. The lowest BCUT2D eigenvalue weighted by Gasteiger charge is -2.16. The van der Waals surface area contributed by atoms with E-state index in [1.54, 1.807) is 13.2 Å². The van der Waals surface area contributed by atoms with Crippen molar-refractivity contribution < 1.29 is 14.3 Å². The Kier molecular flexibility index (Phi) is 5.73. The van der Waals surface area contributed by atoms with Gasteiger partial charge in [-0.25, -0.2) is 0 Å². The molecule has 1 aromatic heterocycles. The Bertz CT molecular complexity index is 841. The first-order valence-electron chi connectivity index (χ1n) is 8.60. The Balaban J connectivity index is 1.56. The van der Waals surface area contributed by atoms with Crippen molar-refractivity contribution in [2.24, 2.45) is 5.92 Å². The Hall–Kier alpha value is -2.60. The molecule has 2 aromatic rings. The number of para-hydroxylation sites is 1. The molecule has 1 aromatic carbocycles. The number of benzene rings is 1. The lowest BCUT2D eigenvalue weighted by molar-refractivity contribution is -0.117. The van der Waals surface area contributed by atoms with Crippen molar-refractivity contribution >= 4 is 29.2 Å². The third-order valence-corrected chi connectivity index (χ3v) is 5.64. The molecule has 1 unspecified atom stereocenters. The maximum absolute atomic E-state index is 12.3. The smallest absolute Gasteiger partial charge is 0.279 e. The van der Waals surface area contributed by atoms with E-state index in [4.69, 9.17) is 4.74 Å². The van der Waals surface area contributed by atoms with Gasteiger partial charge in [-0.3, -0.25) is 20.4 Å². The summed E-state index contributed by atoms with van der Waals surface area (Å²) >= 11 is 1.51. The van der Waals surface area contributed by atoms with E-state index in [1.807, 2.05) is 30.3 Å². The van der Waals surface area contributed by atoms with Gasteiger partial charge in [0.15, 0.2) is 0 Å². The van der Waals surface area contributed by atoms with Gasteiger partial charge in [0.2, 0.25) is 0 Å². The van der Waals surface area contributed by atoms with Crippen LogP contribution in [0.4, 0.5) is 0 Å². The van der Waals surface area contributed by atoms with Crippen LogP contribution in [0.2, 0.25) is 0 Å². The highest BCUT2D eigenvalue weighted by molar-refractivity contribution is 7.14. The Morgan fingerprint density at radius 2 is 2.08 bits per heavy atom. The summed E-state index contributed by atoms with van der Waals surface area (Å²) in [6, 6.07) is 9.33. The number of hydrogen-bond donors (Lipinski definition) is 2. The van der Waals surface area contributed by atoms with Crippen molar-refractivity contribution in [2.45, 2.75) is 26.2 Å². The summed E-state index contributed by atoms with van der Waals surface area (Å²) in [5, 5.41) is 0. The van der Waals surface area contributed by atoms with Crippen molar-refractivity contribution in [3.63, 3.8) is 0 Å². The second kappa shape index (κ2) is 8.19. The molecule has 0 bridgehead atoms. The summed E-state index contributed by atoms with van der Waals surface area (Å²) in [6.45, 7) is 2.23. The zero-order valence-electron chi connectivity index (χ0n) is 14.9. The molecule has 1 atom stereocenters. The van der Waals surface area contributed by atoms with Gasteiger partial charge in [-0.1, -0.05) is 25.1 Å². The second-order valence-corrected chi connectivity index (χ2v) is 7.56. The second-order valence-electron chi connectivity index (χ2n) is 6.43. The number of fused-ring (bicyclic) bond motifs is 1. The molecular formula is C20H22N2O3S. The molecule has 1 aliphatic carbocycles. The molecule has 6 heteroatoms. The minimum Gasteiger partial charge on any atom is -0.496 e. The number of thiophene rings is 1. The summed E-state index contributed by atoms with van der Waals surface area (Å²) in [6.07, 6.45) is 6.22. The van der Waals surface area contributed by atoms with Crippen molar-refractivity contribution in [1.29, 1.82) is 0 Å². The number of hydrazine groups is 1. The monoisotopic (exact) mass is 370 g/mol. The van der Waals surface area contributed by atoms with Crippen molar-refractivity contribution in [2.75, 3.05) is 7.11 Å². The summed E-state index contributed by atoms with van der Waals surface area (Å²) < 4.78 is 5.23. The van der Waals surface area contributed by atoms with Gasteiger partial charge in [-0.15, -0.1) is 11.3 Å². The molecule has 5 nitrogen and oxygen atoms in total. The Labute approximate surface area is 157 Å². The standard InChI is InChI=1S/C20H22N2O3S/c1-13-7-9-17-15(11-13)12-18(26-17)20(24)22-21-19(23)10-8-14-5-3-4-6-16(14)25-2/h3-6,8,10,12-13H,7,9,11H2,1-2H3,(H,21,23)(H,22,24)/b10-8+. The van der Waals surface area contributed by atoms with E-state index in [9.17, 15) is 9.59 Å². The van der Waals surface area contributed by atoms with Crippen LogP contribution in [0.3, 0.4) is 0 Å². The molecule has 0 aliphatic heterocycles. The zero-order valence-corrected chi connectivity index (χ0v) is 15.7. The maximum Gasteiger partial charge on any atom is 0.279 e. The van der Waals surface area contributed by atoms with Crippen LogP contribution in [0, 0.1) is 5.92 Å². The van der Waals surface area contributed by atoms with E-state index in [0.29, 0.717) is 16.5 Å². The van der Waals surface area contributed by atoms with Gasteiger partial charge in [-0.2, -0.15) is 0 Å². The number of nitrogens with one attached hydrogen (secondary N) is 2. The first-order chi connectivity index (χ1) is 12.6. The van der Waals surface area contributed by atoms with E-state index in [2.05, 4.69) is 17.8 Å². The SMILES string of the molecule is COc1ccccc1/C=C/C(=O)NNC(=O)c1cc2c(s1)CCC(C)C2. The van der Waals surface area contributed by atoms with Crippen LogP contribution in [-0.2, 0) is 17.6 Å². The largest absolute Gasteiger partial charge is 0.496 e. The number of carbonyl (C=O) groups is 2. The van der Waals surface area contributed by atoms with Gasteiger partial charge in [-0.05, 0) is 49.0 Å². The number of rotatable bonds is 4. The Morgan fingerprint density at radius 1 is 1.27 bits per heavy atom. The maximum atomic E-state index is 12.3. The van der Waals surface area contributed by atoms with E-state index < -0.39 is 5.91 Å². The first kappa shape index (κ1) is 18.2. The topological polar surface area (TPSA) is 67.4 Å².